The fourth-order valence-electron chi connectivity index (χ4n) is 2.26. The summed E-state index contributed by atoms with van der Waals surface area (Å²) < 4.78 is 14.9. The average Bonchev–Trinajstić information content (AvgIpc) is 3.03. The molecule has 0 radical (unpaired) electrons. The molecule has 3 aromatic rings. The minimum Gasteiger partial charge on any atom is -0.253 e. The summed E-state index contributed by atoms with van der Waals surface area (Å²) in [7, 11) is 0. The molecule has 0 bridgehead atoms. The molecular weight excluding hydrogens is 333 g/mol. The Morgan fingerprint density at radius 2 is 1.84 bits per heavy atom. The molecule has 3 nitrogen and oxygen atoms in total. The summed E-state index contributed by atoms with van der Waals surface area (Å²) >= 11 is 1.53. The van der Waals surface area contributed by atoms with Crippen LogP contribution in [0.2, 0.25) is 0 Å². The van der Waals surface area contributed by atoms with Gasteiger partial charge >= 0.3 is 0 Å². The largest absolute Gasteiger partial charge is 0.253 e. The van der Waals surface area contributed by atoms with Crippen LogP contribution in [-0.2, 0) is 0 Å². The van der Waals surface area contributed by atoms with Crippen LogP contribution in [0.3, 0.4) is 0 Å². The van der Waals surface area contributed by atoms with Gasteiger partial charge in [-0.25, -0.2) is 9.07 Å². The second-order valence-electron chi connectivity index (χ2n) is 5.51. The third-order valence-electron chi connectivity index (χ3n) is 3.58. The summed E-state index contributed by atoms with van der Waals surface area (Å²) in [6, 6.07) is 14.5. The van der Waals surface area contributed by atoms with Crippen LogP contribution in [0.5, 0.6) is 0 Å². The number of rotatable bonds is 5. The molecular formula is C20H18FN3S. The van der Waals surface area contributed by atoms with Gasteiger partial charge < -0.3 is 0 Å². The molecule has 0 N–H and O–H groups in total. The van der Waals surface area contributed by atoms with Crippen molar-refractivity contribution in [3.05, 3.63) is 88.3 Å². The molecule has 0 aliphatic heterocycles. The van der Waals surface area contributed by atoms with Crippen LogP contribution >= 0.6 is 11.3 Å². The van der Waals surface area contributed by atoms with E-state index in [2.05, 4.69) is 47.9 Å². The zero-order valence-electron chi connectivity index (χ0n) is 13.9. The molecule has 0 saturated heterocycles. The van der Waals surface area contributed by atoms with Gasteiger partial charge in [0.15, 0.2) is 0 Å². The van der Waals surface area contributed by atoms with E-state index in [-0.39, 0.29) is 5.82 Å². The quantitative estimate of drug-likeness (QED) is 0.474. The molecule has 0 saturated carbocycles. The summed E-state index contributed by atoms with van der Waals surface area (Å²) in [6.45, 7) is 6.30. The zero-order chi connectivity index (χ0) is 17.6. The molecule has 5 heteroatoms. The highest BCUT2D eigenvalue weighted by Gasteiger charge is 2.07. The minimum atomic E-state index is -0.262. The zero-order valence-corrected chi connectivity index (χ0v) is 14.7. The summed E-state index contributed by atoms with van der Waals surface area (Å²) in [5.41, 5.74) is 4.06. The fraction of sp³-hybridized carbons (Fsp3) is 0.100. The van der Waals surface area contributed by atoms with Crippen LogP contribution < -0.4 is 4.80 Å². The van der Waals surface area contributed by atoms with Gasteiger partial charge in [0.05, 0.1) is 18.5 Å². The number of hydrogen-bond acceptors (Lipinski definition) is 3. The normalized spacial score (nSPS) is 12.0. The van der Waals surface area contributed by atoms with Crippen molar-refractivity contribution >= 4 is 17.6 Å². The minimum absolute atomic E-state index is 0.262. The maximum Gasteiger partial charge on any atom is 0.206 e. The van der Waals surface area contributed by atoms with E-state index in [1.165, 1.54) is 29.0 Å². The van der Waals surface area contributed by atoms with Gasteiger partial charge in [-0.05, 0) is 24.6 Å². The molecule has 0 spiro atoms. The Labute approximate surface area is 150 Å². The molecule has 0 aliphatic carbocycles. The van der Waals surface area contributed by atoms with Crippen molar-refractivity contribution in [2.45, 2.75) is 6.92 Å². The average molecular weight is 351 g/mol. The second-order valence-corrected chi connectivity index (χ2v) is 6.34. The van der Waals surface area contributed by atoms with Gasteiger partial charge in [-0.3, -0.25) is 4.99 Å². The highest BCUT2D eigenvalue weighted by molar-refractivity contribution is 7.07. The van der Waals surface area contributed by atoms with E-state index in [0.717, 1.165) is 21.6 Å². The first kappa shape index (κ1) is 17.0. The molecule has 25 heavy (non-hydrogen) atoms. The van der Waals surface area contributed by atoms with Crippen LogP contribution in [0.15, 0.2) is 76.7 Å². The van der Waals surface area contributed by atoms with E-state index in [9.17, 15) is 4.39 Å². The van der Waals surface area contributed by atoms with Crippen LogP contribution in [0.4, 0.5) is 4.39 Å². The van der Waals surface area contributed by atoms with Gasteiger partial charge in [-0.2, -0.15) is 5.10 Å². The van der Waals surface area contributed by atoms with Crippen molar-refractivity contribution < 1.29 is 4.39 Å². The van der Waals surface area contributed by atoms with Gasteiger partial charge in [0.25, 0.3) is 0 Å². The van der Waals surface area contributed by atoms with Crippen molar-refractivity contribution in [2.75, 3.05) is 6.54 Å². The predicted molar refractivity (Wildman–Crippen MR) is 103 cm³/mol. The lowest BCUT2D eigenvalue weighted by atomic mass is 10.1. The number of benzene rings is 2. The highest BCUT2D eigenvalue weighted by atomic mass is 32.1. The number of thiazole rings is 1. The van der Waals surface area contributed by atoms with Crippen LogP contribution in [0, 0.1) is 12.7 Å². The lowest BCUT2D eigenvalue weighted by molar-refractivity contribution is 0.628. The second kappa shape index (κ2) is 7.85. The van der Waals surface area contributed by atoms with Crippen LogP contribution in [-0.4, -0.2) is 17.4 Å². The topological polar surface area (TPSA) is 29.6 Å². The van der Waals surface area contributed by atoms with Crippen LogP contribution in [0.25, 0.3) is 11.3 Å². The SMILES string of the molecule is C=CCN=c1scc(-c2ccc(C)cc2)n1N=Cc1ccc(F)cc1. The van der Waals surface area contributed by atoms with Crippen molar-refractivity contribution in [3.63, 3.8) is 0 Å². The molecule has 1 aromatic heterocycles. The Kier molecular flexibility index (Phi) is 5.36. The molecule has 0 unspecified atom stereocenters. The first-order chi connectivity index (χ1) is 12.2. The molecule has 2 aromatic carbocycles. The monoisotopic (exact) mass is 351 g/mol. The van der Waals surface area contributed by atoms with E-state index in [1.807, 2.05) is 10.1 Å². The molecule has 126 valence electrons. The Hall–Kier alpha value is -2.79. The predicted octanol–water partition coefficient (Wildman–Crippen LogP) is 4.63. The van der Waals surface area contributed by atoms with E-state index in [1.54, 1.807) is 24.4 Å². The van der Waals surface area contributed by atoms with E-state index in [0.29, 0.717) is 6.54 Å². The fourth-order valence-corrected chi connectivity index (χ4v) is 3.11. The summed E-state index contributed by atoms with van der Waals surface area (Å²) in [5, 5.41) is 6.61. The Morgan fingerprint density at radius 3 is 2.52 bits per heavy atom. The smallest absolute Gasteiger partial charge is 0.206 e. The maximum atomic E-state index is 13.0. The van der Waals surface area contributed by atoms with Crippen molar-refractivity contribution in [3.8, 4) is 11.3 Å². The first-order valence-corrected chi connectivity index (χ1v) is 8.74. The third kappa shape index (κ3) is 4.19. The Balaban J connectivity index is 2.05. The number of aryl methyl sites for hydroxylation is 1. The molecule has 0 fully saturated rings. The third-order valence-corrected chi connectivity index (χ3v) is 4.43. The van der Waals surface area contributed by atoms with Gasteiger partial charge in [0, 0.05) is 10.9 Å². The van der Waals surface area contributed by atoms with Crippen molar-refractivity contribution in [1.82, 2.24) is 4.68 Å². The van der Waals surface area contributed by atoms with Gasteiger partial charge in [-0.1, -0.05) is 48.0 Å². The molecule has 0 aliphatic rings. The summed E-state index contributed by atoms with van der Waals surface area (Å²) in [5.74, 6) is -0.262. The van der Waals surface area contributed by atoms with Gasteiger partial charge in [0.2, 0.25) is 4.80 Å². The van der Waals surface area contributed by atoms with Gasteiger partial charge in [0.1, 0.15) is 5.82 Å². The summed E-state index contributed by atoms with van der Waals surface area (Å²) in [4.78, 5) is 5.29. The number of hydrogen-bond donors (Lipinski definition) is 0. The number of nitrogens with zero attached hydrogens (tertiary/aromatic N) is 3. The molecule has 0 atom stereocenters. The van der Waals surface area contributed by atoms with E-state index in [4.69, 9.17) is 0 Å². The van der Waals surface area contributed by atoms with Gasteiger partial charge in [-0.15, -0.1) is 17.9 Å². The Morgan fingerprint density at radius 1 is 1.12 bits per heavy atom. The number of halogens is 1. The van der Waals surface area contributed by atoms with Crippen molar-refractivity contribution in [1.29, 1.82) is 0 Å². The lowest BCUT2D eigenvalue weighted by Gasteiger charge is -2.04. The van der Waals surface area contributed by atoms with Crippen LogP contribution in [0.1, 0.15) is 11.1 Å². The molecule has 0 amide bonds. The lowest BCUT2D eigenvalue weighted by Crippen LogP contribution is -2.12. The highest BCUT2D eigenvalue weighted by Crippen LogP contribution is 2.20. The maximum absolute atomic E-state index is 13.0. The molecule has 3 rings (SSSR count). The standard InChI is InChI=1S/C20H18FN3S/c1-3-12-22-20-24(23-13-16-6-10-18(21)11-7-16)19(14-25-20)17-8-4-15(2)5-9-17/h3-11,13-14H,1,12H2,2H3. The van der Waals surface area contributed by atoms with E-state index >= 15 is 0 Å². The first-order valence-electron chi connectivity index (χ1n) is 7.86. The molecule has 1 heterocycles. The Bertz CT molecular complexity index is 948. The van der Waals surface area contributed by atoms with Crippen molar-refractivity contribution in [2.24, 2.45) is 10.1 Å². The van der Waals surface area contributed by atoms with E-state index < -0.39 is 0 Å². The summed E-state index contributed by atoms with van der Waals surface area (Å²) in [6.07, 6.45) is 3.45. The number of aromatic nitrogens is 1.